The van der Waals surface area contributed by atoms with Crippen molar-refractivity contribution in [1.29, 1.82) is 0 Å². The van der Waals surface area contributed by atoms with Crippen LogP contribution in [0.3, 0.4) is 0 Å². The van der Waals surface area contributed by atoms with Crippen molar-refractivity contribution in [2.45, 2.75) is 30.4 Å². The van der Waals surface area contributed by atoms with Gasteiger partial charge in [0.15, 0.2) is 9.84 Å². The van der Waals surface area contributed by atoms with E-state index in [1.807, 2.05) is 13.8 Å². The molecule has 106 valence electrons. The van der Waals surface area contributed by atoms with Crippen LogP contribution in [-0.2, 0) is 19.3 Å². The molecule has 0 saturated carbocycles. The summed E-state index contributed by atoms with van der Waals surface area (Å²) >= 11 is 0. The van der Waals surface area contributed by atoms with Crippen LogP contribution in [0, 0.1) is 0 Å². The molecule has 0 radical (unpaired) electrons. The predicted molar refractivity (Wildman–Crippen MR) is 69.9 cm³/mol. The first-order chi connectivity index (χ1) is 8.78. The van der Waals surface area contributed by atoms with Crippen molar-refractivity contribution in [3.05, 3.63) is 24.3 Å². The van der Waals surface area contributed by atoms with Gasteiger partial charge >= 0.3 is 0 Å². The summed E-state index contributed by atoms with van der Waals surface area (Å²) < 4.78 is 35.4. The Labute approximate surface area is 113 Å². The number of aromatic hydroxyl groups is 1. The van der Waals surface area contributed by atoms with Crippen LogP contribution in [0.5, 0.6) is 5.75 Å². The number of benzene rings is 1. The predicted octanol–water partition coefficient (Wildman–Crippen LogP) is 1.36. The largest absolute Gasteiger partial charge is 0.508 e. The molecule has 6 heteroatoms. The van der Waals surface area contributed by atoms with Gasteiger partial charge in [-0.1, -0.05) is 0 Å². The minimum Gasteiger partial charge on any atom is -0.508 e. The van der Waals surface area contributed by atoms with E-state index in [9.17, 15) is 8.42 Å². The van der Waals surface area contributed by atoms with Crippen molar-refractivity contribution >= 4 is 9.84 Å². The highest BCUT2D eigenvalue weighted by molar-refractivity contribution is 7.91. The topological polar surface area (TPSA) is 72.8 Å². The Hall–Kier alpha value is -1.11. The standard InChI is InChI=1S/C13H18O5S/c1-13(2)9-17-11(7-18-13)8-19(15,16)12-5-3-10(14)4-6-12/h3-6,11,14H,7-9H2,1-2H3. The van der Waals surface area contributed by atoms with Crippen LogP contribution in [0.2, 0.25) is 0 Å². The zero-order valence-corrected chi connectivity index (χ0v) is 11.8. The maximum atomic E-state index is 12.2. The van der Waals surface area contributed by atoms with Crippen LogP contribution in [0.15, 0.2) is 29.2 Å². The van der Waals surface area contributed by atoms with Gasteiger partial charge in [-0.3, -0.25) is 0 Å². The molecule has 1 unspecified atom stereocenters. The van der Waals surface area contributed by atoms with Gasteiger partial charge in [-0.2, -0.15) is 0 Å². The van der Waals surface area contributed by atoms with Crippen LogP contribution in [0.4, 0.5) is 0 Å². The number of ether oxygens (including phenoxy) is 2. The summed E-state index contributed by atoms with van der Waals surface area (Å²) in [6.45, 7) is 4.45. The van der Waals surface area contributed by atoms with E-state index in [1.165, 1.54) is 24.3 Å². The van der Waals surface area contributed by atoms with Crippen molar-refractivity contribution in [2.24, 2.45) is 0 Å². The van der Waals surface area contributed by atoms with Gasteiger partial charge in [-0.15, -0.1) is 0 Å². The third kappa shape index (κ3) is 3.68. The van der Waals surface area contributed by atoms with E-state index in [0.717, 1.165) is 0 Å². The summed E-state index contributed by atoms with van der Waals surface area (Å²) in [4.78, 5) is 0.179. The summed E-state index contributed by atoms with van der Waals surface area (Å²) in [5.41, 5.74) is -0.362. The van der Waals surface area contributed by atoms with Crippen LogP contribution >= 0.6 is 0 Å². The van der Waals surface area contributed by atoms with E-state index in [-0.39, 0.29) is 28.6 Å². The zero-order valence-electron chi connectivity index (χ0n) is 11.0. The first kappa shape index (κ1) is 14.3. The average Bonchev–Trinajstić information content (AvgIpc) is 2.32. The lowest BCUT2D eigenvalue weighted by molar-refractivity contribution is -0.167. The van der Waals surface area contributed by atoms with Crippen LogP contribution in [0.25, 0.3) is 0 Å². The highest BCUT2D eigenvalue weighted by Crippen LogP contribution is 2.21. The molecule has 19 heavy (non-hydrogen) atoms. The summed E-state index contributed by atoms with van der Waals surface area (Å²) in [6.07, 6.45) is -0.452. The maximum Gasteiger partial charge on any atom is 0.181 e. The van der Waals surface area contributed by atoms with Gasteiger partial charge in [-0.05, 0) is 38.1 Å². The minimum absolute atomic E-state index is 0.0398. The fourth-order valence-corrected chi connectivity index (χ4v) is 3.24. The quantitative estimate of drug-likeness (QED) is 0.908. The Morgan fingerprint density at radius 1 is 1.32 bits per heavy atom. The van der Waals surface area contributed by atoms with Gasteiger partial charge in [0.2, 0.25) is 0 Å². The molecule has 1 atom stereocenters. The van der Waals surface area contributed by atoms with Crippen molar-refractivity contribution in [3.63, 3.8) is 0 Å². The number of phenols is 1. The second kappa shape index (κ2) is 5.11. The van der Waals surface area contributed by atoms with Gasteiger partial charge in [0, 0.05) is 0 Å². The number of hydrogen-bond donors (Lipinski definition) is 1. The Kier molecular flexibility index (Phi) is 3.85. The van der Waals surface area contributed by atoms with Crippen LogP contribution in [-0.4, -0.2) is 44.2 Å². The van der Waals surface area contributed by atoms with Crippen molar-refractivity contribution in [1.82, 2.24) is 0 Å². The molecular weight excluding hydrogens is 268 g/mol. The number of rotatable bonds is 3. The molecule has 2 rings (SSSR count). The molecule has 0 spiro atoms. The monoisotopic (exact) mass is 286 g/mol. The molecule has 1 aliphatic heterocycles. The van der Waals surface area contributed by atoms with Crippen molar-refractivity contribution in [2.75, 3.05) is 19.0 Å². The molecular formula is C13H18O5S. The summed E-state index contributed by atoms with van der Waals surface area (Å²) in [7, 11) is -3.43. The summed E-state index contributed by atoms with van der Waals surface area (Å²) in [5.74, 6) is -0.0774. The molecule has 1 aromatic rings. The molecule has 0 aromatic heterocycles. The molecule has 1 heterocycles. The van der Waals surface area contributed by atoms with Crippen LogP contribution < -0.4 is 0 Å². The molecule has 0 aliphatic carbocycles. The summed E-state index contributed by atoms with van der Waals surface area (Å²) in [5, 5.41) is 9.16. The second-order valence-corrected chi connectivity index (χ2v) is 7.31. The molecule has 1 fully saturated rings. The maximum absolute atomic E-state index is 12.2. The lowest BCUT2D eigenvalue weighted by Crippen LogP contribution is -2.44. The first-order valence-electron chi connectivity index (χ1n) is 6.06. The smallest absolute Gasteiger partial charge is 0.181 e. The van der Waals surface area contributed by atoms with Crippen molar-refractivity contribution in [3.8, 4) is 5.75 Å². The minimum atomic E-state index is -3.43. The van der Waals surface area contributed by atoms with Crippen LogP contribution in [0.1, 0.15) is 13.8 Å². The summed E-state index contributed by atoms with van der Waals surface area (Å²) in [6, 6.07) is 5.49. The molecule has 1 aromatic carbocycles. The highest BCUT2D eigenvalue weighted by Gasteiger charge is 2.31. The van der Waals surface area contributed by atoms with Gasteiger partial charge in [-0.25, -0.2) is 8.42 Å². The second-order valence-electron chi connectivity index (χ2n) is 5.28. The normalized spacial score (nSPS) is 23.2. The van der Waals surface area contributed by atoms with E-state index >= 15 is 0 Å². The molecule has 1 N–H and O–H groups in total. The van der Waals surface area contributed by atoms with Gasteiger partial charge in [0.25, 0.3) is 0 Å². The SMILES string of the molecule is CC1(C)COC(CS(=O)(=O)c2ccc(O)cc2)CO1. The van der Waals surface area contributed by atoms with E-state index in [1.54, 1.807) is 0 Å². The molecule has 5 nitrogen and oxygen atoms in total. The lowest BCUT2D eigenvalue weighted by atomic mass is 10.1. The van der Waals surface area contributed by atoms with E-state index in [4.69, 9.17) is 14.6 Å². The highest BCUT2D eigenvalue weighted by atomic mass is 32.2. The number of sulfone groups is 1. The Morgan fingerprint density at radius 3 is 2.47 bits per heavy atom. The Balaban J connectivity index is 2.04. The van der Waals surface area contributed by atoms with Gasteiger partial charge in [0.05, 0.1) is 35.6 Å². The fourth-order valence-electron chi connectivity index (χ4n) is 1.82. The van der Waals surface area contributed by atoms with Gasteiger partial charge < -0.3 is 14.6 Å². The van der Waals surface area contributed by atoms with Gasteiger partial charge in [0.1, 0.15) is 5.75 Å². The first-order valence-corrected chi connectivity index (χ1v) is 7.71. The average molecular weight is 286 g/mol. The van der Waals surface area contributed by atoms with E-state index < -0.39 is 15.9 Å². The third-order valence-corrected chi connectivity index (χ3v) is 4.73. The lowest BCUT2D eigenvalue weighted by Gasteiger charge is -2.34. The zero-order chi connectivity index (χ0) is 14.1. The number of hydrogen-bond acceptors (Lipinski definition) is 5. The Bertz CT molecular complexity index is 523. The fraction of sp³-hybridized carbons (Fsp3) is 0.538. The molecule has 1 aliphatic rings. The third-order valence-electron chi connectivity index (χ3n) is 2.93. The molecule has 1 saturated heterocycles. The number of phenolic OH excluding ortho intramolecular Hbond substituents is 1. The molecule has 0 amide bonds. The molecule has 0 bridgehead atoms. The van der Waals surface area contributed by atoms with Crippen molar-refractivity contribution < 1.29 is 23.0 Å². The Morgan fingerprint density at radius 2 is 1.95 bits per heavy atom. The van der Waals surface area contributed by atoms with E-state index in [0.29, 0.717) is 6.61 Å². The van der Waals surface area contributed by atoms with E-state index in [2.05, 4.69) is 0 Å².